The molecule has 2 aromatic rings. The van der Waals surface area contributed by atoms with Gasteiger partial charge in [-0.25, -0.2) is 0 Å². The number of aliphatic hydroxyl groups is 1. The number of rotatable bonds is 5. The molecule has 1 aliphatic rings. The molecule has 4 N–H and O–H groups in total. The Balaban J connectivity index is 1.96. The summed E-state index contributed by atoms with van der Waals surface area (Å²) in [6.07, 6.45) is 3.40. The highest BCUT2D eigenvalue weighted by molar-refractivity contribution is 6.30. The van der Waals surface area contributed by atoms with Crippen LogP contribution in [-0.2, 0) is 20.8 Å². The number of nitrogens with one attached hydrogen (secondary N) is 3. The number of hydrogen-bond acceptors (Lipinski definition) is 6. The second kappa shape index (κ2) is 15.6. The van der Waals surface area contributed by atoms with Crippen molar-refractivity contribution in [2.24, 2.45) is 5.92 Å². The molecule has 2 aromatic carbocycles. The zero-order valence-corrected chi connectivity index (χ0v) is 24.9. The fourth-order valence-electron chi connectivity index (χ4n) is 4.76. The van der Waals surface area contributed by atoms with E-state index in [9.17, 15) is 19.5 Å². The van der Waals surface area contributed by atoms with Crippen LogP contribution in [0.4, 0.5) is 0 Å². The molecule has 3 rings (SSSR count). The van der Waals surface area contributed by atoms with Crippen LogP contribution < -0.4 is 20.7 Å². The first-order chi connectivity index (χ1) is 19.6. The van der Waals surface area contributed by atoms with Gasteiger partial charge < -0.3 is 30.7 Å². The molecule has 3 amide bonds. The van der Waals surface area contributed by atoms with E-state index in [4.69, 9.17) is 16.3 Å². The van der Waals surface area contributed by atoms with Crippen LogP contribution >= 0.6 is 11.6 Å². The Labute approximate surface area is 247 Å². The second-order valence-electron chi connectivity index (χ2n) is 10.4. The van der Waals surface area contributed by atoms with Crippen molar-refractivity contribution in [2.75, 3.05) is 26.7 Å². The zero-order chi connectivity index (χ0) is 29.9. The molecular formula is C31H41ClN4O5. The van der Waals surface area contributed by atoms with Crippen molar-refractivity contribution in [3.8, 4) is 5.75 Å². The molecule has 41 heavy (non-hydrogen) atoms. The van der Waals surface area contributed by atoms with Gasteiger partial charge in [-0.15, -0.1) is 0 Å². The van der Waals surface area contributed by atoms with Gasteiger partial charge in [0, 0.05) is 37.1 Å². The Morgan fingerprint density at radius 1 is 1.07 bits per heavy atom. The molecule has 0 spiro atoms. The van der Waals surface area contributed by atoms with E-state index < -0.39 is 36.0 Å². The minimum atomic E-state index is -1.21. The van der Waals surface area contributed by atoms with Gasteiger partial charge in [-0.05, 0) is 36.6 Å². The molecule has 5 atom stereocenters. The maximum absolute atomic E-state index is 13.7. The molecule has 2 unspecified atom stereocenters. The first kappa shape index (κ1) is 32.1. The van der Waals surface area contributed by atoms with Crippen molar-refractivity contribution in [3.63, 3.8) is 0 Å². The van der Waals surface area contributed by atoms with Crippen LogP contribution in [-0.4, -0.2) is 78.7 Å². The molecule has 0 radical (unpaired) electrons. The molecule has 0 aliphatic carbocycles. The monoisotopic (exact) mass is 584 g/mol. The number of para-hydroxylation sites is 1. The Bertz CT molecular complexity index is 1200. The number of likely N-dealkylation sites (N-methyl/N-ethyl adjacent to an activating group) is 1. The predicted octanol–water partition coefficient (Wildman–Crippen LogP) is 2.80. The number of ether oxygens (including phenoxy) is 1. The van der Waals surface area contributed by atoms with Crippen LogP contribution in [0.25, 0.3) is 6.08 Å². The number of benzene rings is 2. The van der Waals surface area contributed by atoms with E-state index in [1.54, 1.807) is 24.3 Å². The lowest BCUT2D eigenvalue weighted by Gasteiger charge is -2.35. The fraction of sp³-hybridized carbons (Fsp3) is 0.452. The lowest BCUT2D eigenvalue weighted by atomic mass is 9.96. The third kappa shape index (κ3) is 9.05. The molecule has 1 heterocycles. The van der Waals surface area contributed by atoms with E-state index in [2.05, 4.69) is 16.0 Å². The Kier molecular flexibility index (Phi) is 12.2. The number of halogens is 1. The molecule has 222 valence electrons. The summed E-state index contributed by atoms with van der Waals surface area (Å²) in [6.45, 7) is 6.34. The summed E-state index contributed by atoms with van der Waals surface area (Å²) in [5, 5.41) is 20.1. The minimum absolute atomic E-state index is 0.0492. The number of aliphatic hydroxyl groups excluding tert-OH is 1. The quantitative estimate of drug-likeness (QED) is 0.429. The van der Waals surface area contributed by atoms with Crippen molar-refractivity contribution in [2.45, 2.75) is 57.8 Å². The Morgan fingerprint density at radius 2 is 1.78 bits per heavy atom. The van der Waals surface area contributed by atoms with Gasteiger partial charge in [0.15, 0.2) is 0 Å². The number of amides is 3. The summed E-state index contributed by atoms with van der Waals surface area (Å²) in [5.74, 6) is -0.720. The van der Waals surface area contributed by atoms with Gasteiger partial charge in [0.25, 0.3) is 0 Å². The van der Waals surface area contributed by atoms with Gasteiger partial charge in [-0.2, -0.15) is 0 Å². The van der Waals surface area contributed by atoms with Crippen LogP contribution in [0, 0.1) is 5.92 Å². The largest absolute Gasteiger partial charge is 0.492 e. The summed E-state index contributed by atoms with van der Waals surface area (Å²) < 4.78 is 6.01. The lowest BCUT2D eigenvalue weighted by molar-refractivity contribution is -0.146. The smallest absolute Gasteiger partial charge is 0.246 e. The van der Waals surface area contributed by atoms with Gasteiger partial charge >= 0.3 is 0 Å². The second-order valence-corrected chi connectivity index (χ2v) is 10.8. The fourth-order valence-corrected chi connectivity index (χ4v) is 4.88. The first-order valence-corrected chi connectivity index (χ1v) is 14.4. The van der Waals surface area contributed by atoms with Crippen LogP contribution in [0.5, 0.6) is 5.75 Å². The number of nitrogens with zero attached hydrogens (tertiary/aromatic N) is 1. The summed E-state index contributed by atoms with van der Waals surface area (Å²) in [4.78, 5) is 41.8. The van der Waals surface area contributed by atoms with Gasteiger partial charge in [0.2, 0.25) is 17.7 Å². The highest BCUT2D eigenvalue weighted by atomic mass is 35.5. The average Bonchev–Trinajstić information content (AvgIpc) is 2.95. The molecule has 10 heteroatoms. The first-order valence-electron chi connectivity index (χ1n) is 14.0. The van der Waals surface area contributed by atoms with Crippen molar-refractivity contribution < 1.29 is 24.2 Å². The van der Waals surface area contributed by atoms with E-state index in [0.717, 1.165) is 17.5 Å². The predicted molar refractivity (Wildman–Crippen MR) is 161 cm³/mol. The topological polar surface area (TPSA) is 120 Å². The lowest BCUT2D eigenvalue weighted by Crippen LogP contribution is -2.61. The van der Waals surface area contributed by atoms with Crippen LogP contribution in [0.2, 0.25) is 5.02 Å². The molecule has 0 saturated carbocycles. The van der Waals surface area contributed by atoms with Crippen molar-refractivity contribution in [1.82, 2.24) is 20.9 Å². The summed E-state index contributed by atoms with van der Waals surface area (Å²) in [5.41, 5.74) is 1.64. The van der Waals surface area contributed by atoms with Gasteiger partial charge in [-0.3, -0.25) is 14.4 Å². The highest BCUT2D eigenvalue weighted by Crippen LogP contribution is 2.20. The Morgan fingerprint density at radius 3 is 2.46 bits per heavy atom. The normalized spacial score (nSPS) is 22.8. The standard InChI is InChI=1S/C31H41ClN4O5/c1-5-20(2)27-31(40)36(4)28(21(3)37)30(39)35-25(19-22-12-14-24(32)15-13-22)29(38)34-16-8-10-23-9-6-7-11-26(23)41-18-17-33-27/h6-15,20-21,25,27-28,33,37H,5,16-19H2,1-4H3,(H,34,38)(H,35,39)/t20?,21?,25-,27+,28+/m1/s1. The van der Waals surface area contributed by atoms with Crippen molar-refractivity contribution >= 4 is 35.4 Å². The molecule has 0 aromatic heterocycles. The zero-order valence-electron chi connectivity index (χ0n) is 24.1. The molecule has 0 saturated heterocycles. The SMILES string of the molecule is CCC(C)[C@@H]1NCCOc2ccccc2C=CCNC(=O)[C@@H](Cc2ccc(Cl)cc2)NC(=O)[C@H](C(C)O)N(C)C1=O. The van der Waals surface area contributed by atoms with Crippen LogP contribution in [0.15, 0.2) is 54.6 Å². The third-order valence-corrected chi connectivity index (χ3v) is 7.54. The van der Waals surface area contributed by atoms with Crippen molar-refractivity contribution in [3.05, 3.63) is 70.8 Å². The van der Waals surface area contributed by atoms with Gasteiger partial charge in [0.1, 0.15) is 24.4 Å². The maximum atomic E-state index is 13.7. The van der Waals surface area contributed by atoms with Gasteiger partial charge in [-0.1, -0.05) is 74.4 Å². The molecule has 1 aliphatic heterocycles. The third-order valence-electron chi connectivity index (χ3n) is 7.29. The van der Waals surface area contributed by atoms with E-state index in [1.807, 2.05) is 50.3 Å². The Hall–Kier alpha value is -3.40. The summed E-state index contributed by atoms with van der Waals surface area (Å²) in [6, 6.07) is 11.8. The summed E-state index contributed by atoms with van der Waals surface area (Å²) in [7, 11) is 1.50. The van der Waals surface area contributed by atoms with E-state index >= 15 is 0 Å². The maximum Gasteiger partial charge on any atom is 0.246 e. The molecule has 0 bridgehead atoms. The number of carbonyl (C=O) groups is 3. The van der Waals surface area contributed by atoms with E-state index in [-0.39, 0.29) is 24.8 Å². The van der Waals surface area contributed by atoms with Crippen LogP contribution in [0.1, 0.15) is 38.3 Å². The summed E-state index contributed by atoms with van der Waals surface area (Å²) >= 11 is 6.03. The average molecular weight is 585 g/mol. The van der Waals surface area contributed by atoms with E-state index in [1.165, 1.54) is 18.9 Å². The van der Waals surface area contributed by atoms with Crippen molar-refractivity contribution in [1.29, 1.82) is 0 Å². The minimum Gasteiger partial charge on any atom is -0.492 e. The highest BCUT2D eigenvalue weighted by Gasteiger charge is 2.37. The number of fused-ring (bicyclic) bond motifs is 1. The molecular weight excluding hydrogens is 544 g/mol. The van der Waals surface area contributed by atoms with E-state index in [0.29, 0.717) is 23.9 Å². The number of carbonyl (C=O) groups excluding carboxylic acids is 3. The van der Waals surface area contributed by atoms with Crippen LogP contribution in [0.3, 0.4) is 0 Å². The van der Waals surface area contributed by atoms with Gasteiger partial charge in [0.05, 0.1) is 12.1 Å². The molecule has 0 fully saturated rings. The number of hydrogen-bond donors (Lipinski definition) is 4. The molecule has 9 nitrogen and oxygen atoms in total.